The van der Waals surface area contributed by atoms with Crippen LogP contribution in [0.15, 0.2) is 84.9 Å². The molecule has 0 fully saturated rings. The van der Waals surface area contributed by atoms with Gasteiger partial charge in [-0.3, -0.25) is 15.3 Å². The highest BCUT2D eigenvalue weighted by Crippen LogP contribution is 2.31. The molecule has 10 nitrogen and oxygen atoms in total. The number of carbonyl (C=O) groups excluding carboxylic acids is 1. The van der Waals surface area contributed by atoms with Crippen LogP contribution in [0.5, 0.6) is 0 Å². The third kappa shape index (κ3) is 6.96. The van der Waals surface area contributed by atoms with Gasteiger partial charge in [-0.25, -0.2) is 14.8 Å². The minimum absolute atomic E-state index is 0.102. The molecule has 6 aromatic rings. The van der Waals surface area contributed by atoms with E-state index in [1.165, 1.54) is 0 Å². The Morgan fingerprint density at radius 3 is 2.38 bits per heavy atom. The first kappa shape index (κ1) is 32.1. The lowest BCUT2D eigenvalue weighted by Gasteiger charge is -2.13. The zero-order valence-electron chi connectivity index (χ0n) is 26.9. The van der Waals surface area contributed by atoms with E-state index in [9.17, 15) is 4.79 Å². The minimum atomic E-state index is -0.405. The number of aryl methyl sites for hydroxylation is 3. The van der Waals surface area contributed by atoms with E-state index < -0.39 is 5.97 Å². The van der Waals surface area contributed by atoms with Gasteiger partial charge in [0, 0.05) is 25.6 Å². The molecule has 2 N–H and O–H groups in total. The molecule has 0 spiro atoms. The summed E-state index contributed by atoms with van der Waals surface area (Å²) < 4.78 is 9.96. The first-order valence-corrected chi connectivity index (χ1v) is 15.9. The monoisotopic (exact) mass is 633 g/mol. The predicted octanol–water partition coefficient (Wildman–Crippen LogP) is 7.52. The SMILES string of the molecule is CCCc1nc2c(C)cc(-c3nc4ccccc4n3C)cc2n1Cc1ccc(-c2ccccc2C(=O)OCCCCON(O)O)cc1. The van der Waals surface area contributed by atoms with Crippen LogP contribution in [0.3, 0.4) is 0 Å². The number of imidazole rings is 2. The van der Waals surface area contributed by atoms with Gasteiger partial charge < -0.3 is 13.9 Å². The summed E-state index contributed by atoms with van der Waals surface area (Å²) in [5.41, 5.74) is 9.69. The molecule has 47 heavy (non-hydrogen) atoms. The highest BCUT2D eigenvalue weighted by molar-refractivity contribution is 5.97. The quantitative estimate of drug-likeness (QED) is 0.0763. The van der Waals surface area contributed by atoms with Crippen molar-refractivity contribution < 1.29 is 24.8 Å². The first-order valence-electron chi connectivity index (χ1n) is 15.9. The van der Waals surface area contributed by atoms with Gasteiger partial charge in [0.05, 0.1) is 46.2 Å². The second-order valence-corrected chi connectivity index (χ2v) is 11.7. The third-order valence-electron chi connectivity index (χ3n) is 8.37. The smallest absolute Gasteiger partial charge is 0.338 e. The van der Waals surface area contributed by atoms with E-state index in [2.05, 4.69) is 65.2 Å². The highest BCUT2D eigenvalue weighted by atomic mass is 17.1. The molecule has 6 rings (SSSR count). The van der Waals surface area contributed by atoms with Crippen molar-refractivity contribution >= 4 is 28.0 Å². The number of hydrogen-bond donors (Lipinski definition) is 2. The van der Waals surface area contributed by atoms with E-state index in [-0.39, 0.29) is 18.6 Å². The lowest BCUT2D eigenvalue weighted by Crippen LogP contribution is -2.15. The van der Waals surface area contributed by atoms with Crippen molar-refractivity contribution in [3.8, 4) is 22.5 Å². The number of carbonyl (C=O) groups is 1. The van der Waals surface area contributed by atoms with Crippen LogP contribution in [0.1, 0.15) is 53.5 Å². The Hall–Kier alpha value is -4.87. The second kappa shape index (κ2) is 14.3. The number of hydrogen-bond acceptors (Lipinski definition) is 8. The summed E-state index contributed by atoms with van der Waals surface area (Å²) in [6, 6.07) is 28.3. The Morgan fingerprint density at radius 1 is 0.872 bits per heavy atom. The Morgan fingerprint density at radius 2 is 1.62 bits per heavy atom. The van der Waals surface area contributed by atoms with E-state index in [1.807, 2.05) is 48.5 Å². The van der Waals surface area contributed by atoms with E-state index in [0.717, 1.165) is 74.4 Å². The maximum atomic E-state index is 13.0. The average molecular weight is 634 g/mol. The summed E-state index contributed by atoms with van der Waals surface area (Å²) in [6.45, 7) is 5.25. The molecule has 2 aromatic heterocycles. The molecule has 0 aliphatic rings. The number of fused-ring (bicyclic) bond motifs is 2. The largest absolute Gasteiger partial charge is 0.462 e. The molecule has 10 heteroatoms. The van der Waals surface area contributed by atoms with Gasteiger partial charge in [-0.05, 0) is 78.8 Å². The molecule has 4 aromatic carbocycles. The molecule has 0 saturated carbocycles. The second-order valence-electron chi connectivity index (χ2n) is 11.7. The fourth-order valence-corrected chi connectivity index (χ4v) is 6.04. The van der Waals surface area contributed by atoms with E-state index in [1.54, 1.807) is 6.07 Å². The molecule has 0 radical (unpaired) electrons. The van der Waals surface area contributed by atoms with Gasteiger partial charge in [0.25, 0.3) is 0 Å². The van der Waals surface area contributed by atoms with Crippen LogP contribution in [0.2, 0.25) is 0 Å². The van der Waals surface area contributed by atoms with Crippen molar-refractivity contribution in [2.45, 2.75) is 46.1 Å². The van der Waals surface area contributed by atoms with Crippen LogP contribution in [-0.2, 0) is 29.6 Å². The van der Waals surface area contributed by atoms with Gasteiger partial charge in [-0.1, -0.05) is 61.5 Å². The van der Waals surface area contributed by atoms with Gasteiger partial charge in [0.1, 0.15) is 11.6 Å². The average Bonchev–Trinajstić information content (AvgIpc) is 3.60. The van der Waals surface area contributed by atoms with Crippen LogP contribution < -0.4 is 0 Å². The minimum Gasteiger partial charge on any atom is -0.462 e. The zero-order valence-corrected chi connectivity index (χ0v) is 26.9. The summed E-state index contributed by atoms with van der Waals surface area (Å²) in [6.07, 6.45) is 2.89. The number of ether oxygens (including phenoxy) is 1. The molecule has 0 unspecified atom stereocenters. The molecule has 242 valence electrons. The maximum absolute atomic E-state index is 13.0. The molecule has 2 heterocycles. The van der Waals surface area contributed by atoms with Crippen LogP contribution in [-0.4, -0.2) is 54.1 Å². The molecule has 0 amide bonds. The topological polar surface area (TPSA) is 115 Å². The Balaban J connectivity index is 1.25. The predicted molar refractivity (Wildman–Crippen MR) is 180 cm³/mol. The molecule has 0 bridgehead atoms. The van der Waals surface area contributed by atoms with E-state index in [0.29, 0.717) is 24.9 Å². The van der Waals surface area contributed by atoms with Crippen molar-refractivity contribution in [3.63, 3.8) is 0 Å². The van der Waals surface area contributed by atoms with Crippen LogP contribution in [0.25, 0.3) is 44.6 Å². The Bertz CT molecular complexity index is 2010. The summed E-state index contributed by atoms with van der Waals surface area (Å²) in [7, 11) is 2.06. The van der Waals surface area contributed by atoms with Crippen LogP contribution in [0, 0.1) is 6.92 Å². The highest BCUT2D eigenvalue weighted by Gasteiger charge is 2.18. The number of nitrogens with zero attached hydrogens (tertiary/aromatic N) is 5. The number of para-hydroxylation sites is 2. The standard InChI is InChI=1S/C37H39N5O5/c1-4-11-34-39-35-25(2)22-28(36-38-31-14-7-8-15-32(31)40(36)3)23-33(35)41(34)24-26-16-18-27(19-17-26)29-12-5-6-13-30(29)37(43)46-20-9-10-21-47-42(44)45/h5-8,12-19,22-23,44-45H,4,9-11,20-21,24H2,1-3H3. The third-order valence-corrected chi connectivity index (χ3v) is 8.37. The Labute approximate surface area is 273 Å². The first-order chi connectivity index (χ1) is 22.8. The lowest BCUT2D eigenvalue weighted by atomic mass is 9.98. The van der Waals surface area contributed by atoms with Gasteiger partial charge in [0.2, 0.25) is 0 Å². The fourth-order valence-electron chi connectivity index (χ4n) is 6.04. The van der Waals surface area contributed by atoms with Crippen molar-refractivity contribution in [3.05, 3.63) is 107 Å². The number of rotatable bonds is 13. The summed E-state index contributed by atoms with van der Waals surface area (Å²) in [5, 5.41) is 16.9. The van der Waals surface area contributed by atoms with Crippen LogP contribution in [0.4, 0.5) is 0 Å². The number of unbranched alkanes of at least 4 members (excludes halogenated alkanes) is 1. The molecule has 0 atom stereocenters. The summed E-state index contributed by atoms with van der Waals surface area (Å²) in [4.78, 5) is 27.5. The molecular weight excluding hydrogens is 594 g/mol. The number of benzene rings is 4. The van der Waals surface area contributed by atoms with Crippen molar-refractivity contribution in [2.75, 3.05) is 13.2 Å². The molecule has 0 saturated heterocycles. The molecular formula is C37H39N5O5. The summed E-state index contributed by atoms with van der Waals surface area (Å²) in [5.74, 6) is 1.58. The van der Waals surface area contributed by atoms with Crippen molar-refractivity contribution in [2.24, 2.45) is 7.05 Å². The van der Waals surface area contributed by atoms with E-state index >= 15 is 0 Å². The Kier molecular flexibility index (Phi) is 9.74. The van der Waals surface area contributed by atoms with Gasteiger partial charge in [-0.15, -0.1) is 0 Å². The van der Waals surface area contributed by atoms with Crippen LogP contribution >= 0.6 is 0 Å². The van der Waals surface area contributed by atoms with Gasteiger partial charge in [0.15, 0.2) is 0 Å². The van der Waals surface area contributed by atoms with E-state index in [4.69, 9.17) is 25.1 Å². The van der Waals surface area contributed by atoms with Crippen molar-refractivity contribution in [1.82, 2.24) is 24.5 Å². The van der Waals surface area contributed by atoms with Gasteiger partial charge in [-0.2, -0.15) is 0 Å². The van der Waals surface area contributed by atoms with Gasteiger partial charge >= 0.3 is 5.97 Å². The summed E-state index contributed by atoms with van der Waals surface area (Å²) >= 11 is 0. The molecule has 0 aliphatic heterocycles. The normalized spacial score (nSPS) is 11.6. The maximum Gasteiger partial charge on any atom is 0.338 e. The fraction of sp³-hybridized carbons (Fsp3) is 0.270. The lowest BCUT2D eigenvalue weighted by molar-refractivity contribution is -0.492. The number of esters is 1. The number of aromatic nitrogens is 4. The van der Waals surface area contributed by atoms with Crippen molar-refractivity contribution in [1.29, 1.82) is 0 Å². The zero-order chi connectivity index (χ0) is 32.9. The molecule has 0 aliphatic carbocycles.